The highest BCUT2D eigenvalue weighted by Crippen LogP contribution is 2.34. The molecular weight excluding hydrogens is 462 g/mol. The van der Waals surface area contributed by atoms with E-state index in [2.05, 4.69) is 22.6 Å². The van der Waals surface area contributed by atoms with Gasteiger partial charge in [-0.2, -0.15) is 0 Å². The summed E-state index contributed by atoms with van der Waals surface area (Å²) in [6.45, 7) is 0.0441. The Bertz CT molecular complexity index is 889. The largest absolute Gasteiger partial charge is 0.457 e. The lowest BCUT2D eigenvalue weighted by Crippen LogP contribution is -2.04. The van der Waals surface area contributed by atoms with Gasteiger partial charge in [0.05, 0.1) is 15.6 Å². The number of carbonyl (C=O) groups excluding carboxylic acids is 1. The number of furan rings is 1. The van der Waals surface area contributed by atoms with Crippen molar-refractivity contribution in [2.24, 2.45) is 0 Å². The van der Waals surface area contributed by atoms with Crippen molar-refractivity contribution in [3.8, 4) is 11.3 Å². The van der Waals surface area contributed by atoms with Crippen molar-refractivity contribution in [1.29, 1.82) is 0 Å². The molecule has 0 atom stereocenters. The number of benzene rings is 2. The highest BCUT2D eigenvalue weighted by atomic mass is 127. The molecule has 0 aliphatic rings. The summed E-state index contributed by atoms with van der Waals surface area (Å²) in [5.41, 5.74) is 1.20. The average molecular weight is 473 g/mol. The fraction of sp³-hybridized carbons (Fsp3) is 0.0556. The van der Waals surface area contributed by atoms with Gasteiger partial charge in [0.25, 0.3) is 0 Å². The van der Waals surface area contributed by atoms with Crippen LogP contribution in [0.3, 0.4) is 0 Å². The van der Waals surface area contributed by atoms with Gasteiger partial charge in [-0.1, -0.05) is 35.3 Å². The number of hydrogen-bond donors (Lipinski definition) is 0. The maximum Gasteiger partial charge on any atom is 0.338 e. The Kier molecular flexibility index (Phi) is 5.48. The van der Waals surface area contributed by atoms with Crippen LogP contribution in [-0.4, -0.2) is 5.97 Å². The Morgan fingerprint density at radius 2 is 1.88 bits per heavy atom. The van der Waals surface area contributed by atoms with E-state index < -0.39 is 5.97 Å². The first-order valence-corrected chi connectivity index (χ1v) is 8.84. The summed E-state index contributed by atoms with van der Waals surface area (Å²) in [7, 11) is 0. The molecule has 1 aromatic heterocycles. The van der Waals surface area contributed by atoms with E-state index in [0.29, 0.717) is 32.7 Å². The van der Waals surface area contributed by atoms with Crippen LogP contribution in [-0.2, 0) is 11.3 Å². The zero-order chi connectivity index (χ0) is 17.1. The topological polar surface area (TPSA) is 39.4 Å². The maximum atomic E-state index is 12.0. The monoisotopic (exact) mass is 472 g/mol. The van der Waals surface area contributed by atoms with Gasteiger partial charge in [-0.15, -0.1) is 0 Å². The van der Waals surface area contributed by atoms with Crippen molar-refractivity contribution >= 4 is 51.8 Å². The van der Waals surface area contributed by atoms with E-state index in [1.165, 1.54) is 0 Å². The molecule has 1 heterocycles. The van der Waals surface area contributed by atoms with Crippen LogP contribution in [0, 0.1) is 3.57 Å². The molecule has 0 spiro atoms. The summed E-state index contributed by atoms with van der Waals surface area (Å²) in [5, 5.41) is 0.883. The summed E-state index contributed by atoms with van der Waals surface area (Å²) in [6, 6.07) is 16.0. The smallest absolute Gasteiger partial charge is 0.338 e. The molecule has 0 radical (unpaired) electrons. The molecule has 0 N–H and O–H groups in total. The van der Waals surface area contributed by atoms with Crippen LogP contribution < -0.4 is 0 Å². The lowest BCUT2D eigenvalue weighted by molar-refractivity contribution is 0.0446. The third-order valence-electron chi connectivity index (χ3n) is 3.28. The second-order valence-corrected chi connectivity index (χ2v) is 6.98. The van der Waals surface area contributed by atoms with Crippen LogP contribution in [0.5, 0.6) is 0 Å². The highest BCUT2D eigenvalue weighted by Gasteiger charge is 2.13. The molecule has 24 heavy (non-hydrogen) atoms. The molecular formula is C18H11Cl2IO3. The Labute approximate surface area is 162 Å². The molecule has 0 unspecified atom stereocenters. The number of carbonyl (C=O) groups is 1. The summed E-state index contributed by atoms with van der Waals surface area (Å²) in [5.74, 6) is 0.704. The zero-order valence-corrected chi connectivity index (χ0v) is 15.9. The molecule has 0 saturated carbocycles. The van der Waals surface area contributed by atoms with Crippen molar-refractivity contribution < 1.29 is 13.9 Å². The van der Waals surface area contributed by atoms with Crippen LogP contribution in [0.2, 0.25) is 10.0 Å². The minimum atomic E-state index is -0.396. The number of esters is 1. The van der Waals surface area contributed by atoms with Crippen molar-refractivity contribution in [3.05, 3.63) is 79.5 Å². The van der Waals surface area contributed by atoms with Crippen LogP contribution in [0.25, 0.3) is 11.3 Å². The Hall–Kier alpha value is -1.50. The van der Waals surface area contributed by atoms with E-state index in [-0.39, 0.29) is 6.61 Å². The van der Waals surface area contributed by atoms with Gasteiger partial charge < -0.3 is 9.15 Å². The van der Waals surface area contributed by atoms with E-state index in [0.717, 1.165) is 3.57 Å². The molecule has 0 aliphatic heterocycles. The van der Waals surface area contributed by atoms with Crippen molar-refractivity contribution in [2.45, 2.75) is 6.61 Å². The highest BCUT2D eigenvalue weighted by molar-refractivity contribution is 14.1. The first kappa shape index (κ1) is 17.3. The molecule has 3 aromatic rings. The minimum absolute atomic E-state index is 0.0441. The fourth-order valence-corrected chi connectivity index (χ4v) is 3.07. The summed E-state index contributed by atoms with van der Waals surface area (Å²) < 4.78 is 11.9. The van der Waals surface area contributed by atoms with Gasteiger partial charge in [0.15, 0.2) is 0 Å². The van der Waals surface area contributed by atoms with Gasteiger partial charge in [0.1, 0.15) is 18.1 Å². The molecule has 6 heteroatoms. The molecule has 3 nitrogen and oxygen atoms in total. The minimum Gasteiger partial charge on any atom is -0.457 e. The summed E-state index contributed by atoms with van der Waals surface area (Å²) in [4.78, 5) is 12.0. The van der Waals surface area contributed by atoms with Gasteiger partial charge in [-0.25, -0.2) is 4.79 Å². The number of halogens is 3. The number of ether oxygens (including phenoxy) is 1. The molecule has 0 bridgehead atoms. The van der Waals surface area contributed by atoms with Gasteiger partial charge in [0.2, 0.25) is 0 Å². The zero-order valence-electron chi connectivity index (χ0n) is 12.3. The Balaban J connectivity index is 1.70. The molecule has 0 fully saturated rings. The maximum absolute atomic E-state index is 12.0. The first-order valence-electron chi connectivity index (χ1n) is 7.00. The molecule has 2 aromatic carbocycles. The normalized spacial score (nSPS) is 10.6. The molecule has 122 valence electrons. The van der Waals surface area contributed by atoms with Crippen molar-refractivity contribution in [2.75, 3.05) is 0 Å². The van der Waals surface area contributed by atoms with Gasteiger partial charge in [-0.05, 0) is 65.1 Å². The van der Waals surface area contributed by atoms with Crippen molar-refractivity contribution in [1.82, 2.24) is 0 Å². The van der Waals surface area contributed by atoms with Crippen LogP contribution in [0.1, 0.15) is 16.1 Å². The quantitative estimate of drug-likeness (QED) is 0.334. The van der Waals surface area contributed by atoms with Gasteiger partial charge in [0, 0.05) is 9.13 Å². The second kappa shape index (κ2) is 7.59. The van der Waals surface area contributed by atoms with E-state index in [4.69, 9.17) is 32.4 Å². The summed E-state index contributed by atoms with van der Waals surface area (Å²) >= 11 is 14.3. The van der Waals surface area contributed by atoms with E-state index in [1.807, 2.05) is 18.2 Å². The summed E-state index contributed by atoms with van der Waals surface area (Å²) in [6.07, 6.45) is 0. The SMILES string of the molecule is O=C(OCc1ccc(-c2cccc(Cl)c2Cl)o1)c1cccc(I)c1. The van der Waals surface area contributed by atoms with Crippen molar-refractivity contribution in [3.63, 3.8) is 0 Å². The molecule has 0 saturated heterocycles. The lowest BCUT2D eigenvalue weighted by Gasteiger charge is -2.04. The number of rotatable bonds is 4. The average Bonchev–Trinajstić information content (AvgIpc) is 3.04. The van der Waals surface area contributed by atoms with E-state index in [1.54, 1.807) is 36.4 Å². The molecule has 0 amide bonds. The predicted octanol–water partition coefficient (Wildman–Crippen LogP) is 6.22. The van der Waals surface area contributed by atoms with Crippen LogP contribution >= 0.6 is 45.8 Å². The Morgan fingerprint density at radius 1 is 1.08 bits per heavy atom. The van der Waals surface area contributed by atoms with Gasteiger partial charge in [-0.3, -0.25) is 0 Å². The van der Waals surface area contributed by atoms with E-state index >= 15 is 0 Å². The van der Waals surface area contributed by atoms with Gasteiger partial charge >= 0.3 is 5.97 Å². The van der Waals surface area contributed by atoms with Crippen LogP contribution in [0.4, 0.5) is 0 Å². The molecule has 0 aliphatic carbocycles. The van der Waals surface area contributed by atoms with Crippen LogP contribution in [0.15, 0.2) is 59.0 Å². The Morgan fingerprint density at radius 3 is 2.67 bits per heavy atom. The fourth-order valence-electron chi connectivity index (χ4n) is 2.13. The first-order chi connectivity index (χ1) is 11.5. The molecule has 3 rings (SSSR count). The third-order valence-corrected chi connectivity index (χ3v) is 4.77. The second-order valence-electron chi connectivity index (χ2n) is 4.95. The lowest BCUT2D eigenvalue weighted by atomic mass is 10.2. The van der Waals surface area contributed by atoms with E-state index in [9.17, 15) is 4.79 Å². The standard InChI is InChI=1S/C18H11Cl2IO3/c19-15-6-2-5-14(17(15)20)16-8-7-13(24-16)10-23-18(22)11-3-1-4-12(21)9-11/h1-9H,10H2. The predicted molar refractivity (Wildman–Crippen MR) is 102 cm³/mol. The number of hydrogen-bond acceptors (Lipinski definition) is 3. The third kappa shape index (κ3) is 3.94.